The lowest BCUT2D eigenvalue weighted by atomic mass is 10.1. The third-order valence-electron chi connectivity index (χ3n) is 9.12. The molecule has 9 aromatic rings. The molecule has 6 heterocycles. The molecule has 3 aromatic carbocycles. The number of halogens is 9. The van der Waals surface area contributed by atoms with Crippen molar-refractivity contribution in [1.29, 1.82) is 0 Å². The van der Waals surface area contributed by atoms with E-state index in [9.17, 15) is 38.4 Å². The van der Waals surface area contributed by atoms with Crippen LogP contribution in [0.1, 0.15) is 53.8 Å². The van der Waals surface area contributed by atoms with E-state index in [-0.39, 0.29) is 45.9 Å². The first-order chi connectivity index (χ1) is 37.9. The smallest absolute Gasteiger partial charge is 0.399 e. The van der Waals surface area contributed by atoms with Gasteiger partial charge in [-0.25, -0.2) is 38.3 Å². The van der Waals surface area contributed by atoms with Crippen molar-refractivity contribution in [3.8, 4) is 5.82 Å². The van der Waals surface area contributed by atoms with Gasteiger partial charge < -0.3 is 20.7 Å². The van der Waals surface area contributed by atoms with Gasteiger partial charge in [-0.2, -0.15) is 38.4 Å². The van der Waals surface area contributed by atoms with E-state index in [1.165, 1.54) is 36.2 Å². The molecule has 22 nitrogen and oxygen atoms in total. The lowest BCUT2D eigenvalue weighted by Crippen LogP contribution is -2.17. The molecular weight excluding hydrogens is 1310 g/mol. The molecule has 84 heavy (non-hydrogen) atoms. The lowest BCUT2D eigenvalue weighted by Gasteiger charge is -2.13. The van der Waals surface area contributed by atoms with Gasteiger partial charge in [-0.05, 0) is 123 Å². The second-order valence-electron chi connectivity index (χ2n) is 16.4. The molecule has 458 valence electrons. The maximum Gasteiger partial charge on any atom is 0.417 e. The third kappa shape index (κ3) is 27.9. The number of nitrogens with zero attached hydrogens (tertiary/aromatic N) is 7. The highest BCUT2D eigenvalue weighted by Gasteiger charge is 2.32. The number of imidazole rings is 4. The fourth-order valence-corrected chi connectivity index (χ4v) is 9.72. The van der Waals surface area contributed by atoms with E-state index in [4.69, 9.17) is 75.8 Å². The molecule has 35 heteroatoms. The summed E-state index contributed by atoms with van der Waals surface area (Å²) in [6.07, 6.45) is 9.63. The zero-order chi connectivity index (χ0) is 61.8. The number of hydrogen-bond donors (Lipinski definition) is 7. The summed E-state index contributed by atoms with van der Waals surface area (Å²) in [5.41, 5.74) is 12.5. The molecule has 8 N–H and O–H groups in total. The number of benzene rings is 3. The first kappa shape index (κ1) is 75.5. The summed E-state index contributed by atoms with van der Waals surface area (Å²) in [6.45, 7) is 11.6. The Morgan fingerprint density at radius 1 is 0.571 bits per heavy atom. The van der Waals surface area contributed by atoms with Crippen LogP contribution in [0.25, 0.3) is 5.82 Å². The molecule has 0 spiro atoms. The van der Waals surface area contributed by atoms with Crippen molar-refractivity contribution in [3.63, 3.8) is 0 Å². The van der Waals surface area contributed by atoms with Gasteiger partial charge in [-0.1, -0.05) is 79.5 Å². The highest BCUT2D eigenvalue weighted by Crippen LogP contribution is 2.33. The van der Waals surface area contributed by atoms with Crippen LogP contribution in [0.15, 0.2) is 150 Å². The predicted molar refractivity (Wildman–Crippen MR) is 324 cm³/mol. The molecule has 0 saturated heterocycles. The fourth-order valence-electron chi connectivity index (χ4n) is 6.28. The van der Waals surface area contributed by atoms with Crippen molar-refractivity contribution in [3.05, 3.63) is 195 Å². The average Bonchev–Trinajstić information content (AvgIpc) is 3.78. The van der Waals surface area contributed by atoms with Crippen LogP contribution in [0.4, 0.5) is 30.2 Å². The quantitative estimate of drug-likeness (QED) is 0.0322. The van der Waals surface area contributed by atoms with Gasteiger partial charge in [0.05, 0.1) is 58.2 Å². The van der Waals surface area contributed by atoms with E-state index in [1.807, 2.05) is 65.8 Å². The van der Waals surface area contributed by atoms with Crippen LogP contribution in [-0.2, 0) is 44.6 Å². The van der Waals surface area contributed by atoms with Crippen molar-refractivity contribution in [1.82, 2.24) is 49.4 Å². The number of anilines is 3. The molecule has 9 rings (SSSR count). The van der Waals surface area contributed by atoms with Gasteiger partial charge in [0.25, 0.3) is 29.1 Å². The van der Waals surface area contributed by atoms with Crippen molar-refractivity contribution >= 4 is 123 Å². The molecule has 0 aliphatic rings. The predicted octanol–water partition coefficient (Wildman–Crippen LogP) is 13.2. The first-order valence-corrected chi connectivity index (χ1v) is 31.3. The zero-order valence-corrected chi connectivity index (χ0v) is 51.0. The monoisotopic (exact) mass is 1370 g/mol. The summed E-state index contributed by atoms with van der Waals surface area (Å²) in [6, 6.07) is 19.0. The van der Waals surface area contributed by atoms with Gasteiger partial charge in [0.2, 0.25) is 0 Å². The fraction of sp³-hybridized carbons (Fsp3) is 0.184. The minimum absolute atomic E-state index is 0. The molecule has 6 aromatic heterocycles. The maximum absolute atomic E-state index is 12.8. The molecule has 0 aliphatic carbocycles. The van der Waals surface area contributed by atoms with Crippen LogP contribution in [0.3, 0.4) is 0 Å². The highest BCUT2D eigenvalue weighted by molar-refractivity contribution is 8.13. The number of aromatic nitrogens is 10. The standard InChI is InChI=1S/C17H14ClF3N4O2S.C11H13N3O2S.C8H11N.C5H2Cl3N.C3H3ClN2O2S.C3H4N2.2CH4.ClHO3S/c1-10-3-11(2)5-13(4-10)24-28(26,27)15-8-22-9-25(15)16-14(18)6-12(7-23-16)17(19,20)21;1-8-3-9(2)5-10(4-8)14-17(15,16)11-6-12-7-13-11;1-6-3-7(2)5-8(9)4-6;6-3-1-4(7)5(8)9-2-3;4-9(7,8)3-1-5-2-6-3;1-2-5-3-4-1;;;1-5(2,3)4/h3-9,24H,1-2H3;3-7,14H,1-2H3,(H,12,13);3-5H,9H2,1-2H3;1-2H;1-2H,(H,5,6);1-3H,(H,4,5);2*1H4;(H,2,3,4). The second kappa shape index (κ2) is 33.8. The Bertz CT molecular complexity index is 3850. The van der Waals surface area contributed by atoms with Crippen LogP contribution in [0.5, 0.6) is 0 Å². The van der Waals surface area contributed by atoms with Crippen molar-refractivity contribution in [2.45, 2.75) is 77.6 Å². The van der Waals surface area contributed by atoms with Crippen molar-refractivity contribution in [2.24, 2.45) is 0 Å². The molecule has 0 aliphatic heterocycles. The maximum atomic E-state index is 12.8. The number of pyridine rings is 2. The molecule has 0 atom stereocenters. The van der Waals surface area contributed by atoms with Crippen LogP contribution >= 0.6 is 67.8 Å². The summed E-state index contributed by atoms with van der Waals surface area (Å²) in [4.78, 5) is 29.6. The molecule has 0 amide bonds. The first-order valence-electron chi connectivity index (χ1n) is 22.2. The van der Waals surface area contributed by atoms with Gasteiger partial charge in [0.15, 0.2) is 20.9 Å². The van der Waals surface area contributed by atoms with Gasteiger partial charge in [0.1, 0.15) is 11.5 Å². The zero-order valence-electron chi connectivity index (χ0n) is 43.2. The second-order valence-corrected chi connectivity index (χ2v) is 25.8. The van der Waals surface area contributed by atoms with E-state index in [2.05, 4.69) is 71.0 Å². The van der Waals surface area contributed by atoms with Crippen LogP contribution < -0.4 is 15.2 Å². The summed E-state index contributed by atoms with van der Waals surface area (Å²) >= 11 is 22.4. The molecule has 0 radical (unpaired) electrons. The van der Waals surface area contributed by atoms with E-state index in [1.54, 1.807) is 49.1 Å². The normalized spacial score (nSPS) is 10.9. The van der Waals surface area contributed by atoms with E-state index < -0.39 is 50.2 Å². The Hall–Kier alpha value is -6.51. The Labute approximate surface area is 513 Å². The SMILES string of the molecule is C.C.Cc1cc(C)cc(N)c1.Cc1cc(C)cc(NS(=O)(=O)c2cnc[nH]2)c1.Cc1cc(C)cc(NS(=O)(=O)c2cncn2-c2ncc(C(F)(F)F)cc2Cl)c1.Clc1cnc(Cl)c(Cl)c1.O=S(=O)(Cl)c1cnc[nH]1.O=S(=O)(O)Cl.c1c[nH]cn1. The largest absolute Gasteiger partial charge is 0.417 e. The van der Waals surface area contributed by atoms with Gasteiger partial charge >= 0.3 is 15.5 Å². The minimum atomic E-state index is -4.62. The molecule has 0 saturated carbocycles. The van der Waals surface area contributed by atoms with Gasteiger partial charge in [-0.15, -0.1) is 0 Å². The number of nitrogens with two attached hydrogens (primary N) is 1. The Balaban J connectivity index is 0.000000537. The number of nitrogen functional groups attached to an aromatic ring is 1. The minimum Gasteiger partial charge on any atom is -0.399 e. The summed E-state index contributed by atoms with van der Waals surface area (Å²) < 4.78 is 140. The van der Waals surface area contributed by atoms with Crippen LogP contribution in [0, 0.1) is 41.5 Å². The summed E-state index contributed by atoms with van der Waals surface area (Å²) in [5, 5.41) is 0.437. The number of H-pyrrole nitrogens is 3. The Morgan fingerprint density at radius 3 is 1.38 bits per heavy atom. The molecular formula is C49H56Cl6F3N13O9S4. The molecule has 0 fully saturated rings. The van der Waals surface area contributed by atoms with Crippen molar-refractivity contribution < 1.29 is 51.4 Å². The number of sulfonamides is 2. The summed E-state index contributed by atoms with van der Waals surface area (Å²) in [5.74, 6) is -0.187. The van der Waals surface area contributed by atoms with Gasteiger partial charge in [0, 0.05) is 63.2 Å². The average molecular weight is 1370 g/mol. The van der Waals surface area contributed by atoms with Gasteiger partial charge in [-0.3, -0.25) is 18.6 Å². The number of aryl methyl sites for hydroxylation is 6. The lowest BCUT2D eigenvalue weighted by molar-refractivity contribution is -0.137. The van der Waals surface area contributed by atoms with E-state index in [0.29, 0.717) is 33.7 Å². The number of rotatable bonds is 8. The van der Waals surface area contributed by atoms with Crippen LogP contribution in [0.2, 0.25) is 20.2 Å². The number of aromatic amines is 3. The molecule has 0 bridgehead atoms. The van der Waals surface area contributed by atoms with E-state index in [0.717, 1.165) is 51.2 Å². The number of alkyl halides is 3. The number of hydrogen-bond acceptors (Lipinski definition) is 15. The Morgan fingerprint density at radius 2 is 1.04 bits per heavy atom. The topological polar surface area (TPSA) is 337 Å². The van der Waals surface area contributed by atoms with E-state index >= 15 is 0 Å². The molecule has 0 unspecified atom stereocenters. The summed E-state index contributed by atoms with van der Waals surface area (Å²) in [7, 11) is -6.52. The highest BCUT2D eigenvalue weighted by atomic mass is 35.7. The third-order valence-corrected chi connectivity index (χ3v) is 14.2. The number of nitrogens with one attached hydrogen (secondary N) is 5. The van der Waals surface area contributed by atoms with Crippen LogP contribution in [-0.4, -0.2) is 87.6 Å². The Kier molecular flexibility index (Phi) is 30.4. The van der Waals surface area contributed by atoms with Crippen molar-refractivity contribution in [2.75, 3.05) is 15.2 Å².